The molecule has 2 rings (SSSR count). The number of hydrogen-bond acceptors (Lipinski definition) is 3. The highest BCUT2D eigenvalue weighted by Crippen LogP contribution is 2.19. The average molecular weight is 293 g/mol. The minimum atomic E-state index is 0.323. The molecule has 4 nitrogen and oxygen atoms in total. The summed E-state index contributed by atoms with van der Waals surface area (Å²) in [7, 11) is 6.11. The monoisotopic (exact) mass is 292 g/mol. The molecule has 0 aliphatic heterocycles. The SMILES string of the molecule is CN(C)[C@H](CNCc1cnn(C)c1)c1ccc(Cl)cc1. The molecular formula is C15H21ClN4. The van der Waals surface area contributed by atoms with Crippen LogP contribution in [0.2, 0.25) is 5.02 Å². The van der Waals surface area contributed by atoms with Crippen molar-refractivity contribution in [2.75, 3.05) is 20.6 Å². The minimum Gasteiger partial charge on any atom is -0.311 e. The van der Waals surface area contributed by atoms with Crippen molar-refractivity contribution in [2.24, 2.45) is 7.05 Å². The highest BCUT2D eigenvalue weighted by Gasteiger charge is 2.13. The first-order valence-electron chi connectivity index (χ1n) is 6.66. The number of halogens is 1. The third-order valence-electron chi connectivity index (χ3n) is 3.30. The standard InChI is InChI=1S/C15H21ClN4/c1-19(2)15(13-4-6-14(16)7-5-13)10-17-8-12-9-18-20(3)11-12/h4-7,9,11,15,17H,8,10H2,1-3H3/t15-/m1/s1. The summed E-state index contributed by atoms with van der Waals surface area (Å²) in [5, 5.41) is 8.42. The van der Waals surface area contributed by atoms with Crippen LogP contribution >= 0.6 is 11.6 Å². The maximum absolute atomic E-state index is 5.94. The topological polar surface area (TPSA) is 33.1 Å². The van der Waals surface area contributed by atoms with Gasteiger partial charge in [-0.05, 0) is 31.8 Å². The van der Waals surface area contributed by atoms with E-state index < -0.39 is 0 Å². The molecule has 108 valence electrons. The summed E-state index contributed by atoms with van der Waals surface area (Å²) in [6, 6.07) is 8.37. The molecule has 0 aliphatic rings. The van der Waals surface area contributed by atoms with E-state index in [1.165, 1.54) is 11.1 Å². The van der Waals surface area contributed by atoms with Crippen molar-refractivity contribution in [1.29, 1.82) is 0 Å². The highest BCUT2D eigenvalue weighted by atomic mass is 35.5. The summed E-state index contributed by atoms with van der Waals surface area (Å²) < 4.78 is 1.82. The Morgan fingerprint density at radius 2 is 2.00 bits per heavy atom. The van der Waals surface area contributed by atoms with Crippen LogP contribution in [0.3, 0.4) is 0 Å². The van der Waals surface area contributed by atoms with Gasteiger partial charge in [0.15, 0.2) is 0 Å². The van der Waals surface area contributed by atoms with Gasteiger partial charge in [0.05, 0.1) is 6.20 Å². The van der Waals surface area contributed by atoms with Crippen molar-refractivity contribution in [3.8, 4) is 0 Å². The van der Waals surface area contributed by atoms with Crippen LogP contribution in [-0.4, -0.2) is 35.3 Å². The molecule has 0 fully saturated rings. The van der Waals surface area contributed by atoms with Crippen LogP contribution in [-0.2, 0) is 13.6 Å². The van der Waals surface area contributed by atoms with Gasteiger partial charge in [-0.25, -0.2) is 0 Å². The van der Waals surface area contributed by atoms with Gasteiger partial charge < -0.3 is 10.2 Å². The van der Waals surface area contributed by atoms with E-state index in [1.807, 2.05) is 36.3 Å². The second-order valence-corrected chi connectivity index (χ2v) is 5.62. The van der Waals surface area contributed by atoms with E-state index in [4.69, 9.17) is 11.6 Å². The molecule has 0 amide bonds. The average Bonchev–Trinajstić information content (AvgIpc) is 2.81. The molecule has 0 unspecified atom stereocenters. The lowest BCUT2D eigenvalue weighted by molar-refractivity contribution is 0.288. The van der Waals surface area contributed by atoms with Gasteiger partial charge in [0.1, 0.15) is 0 Å². The fourth-order valence-corrected chi connectivity index (χ4v) is 2.33. The predicted octanol–water partition coefficient (Wildman–Crippen LogP) is 2.47. The zero-order valence-corrected chi connectivity index (χ0v) is 12.9. The van der Waals surface area contributed by atoms with Gasteiger partial charge in [-0.3, -0.25) is 4.68 Å². The predicted molar refractivity (Wildman–Crippen MR) is 82.8 cm³/mol. The molecule has 0 radical (unpaired) electrons. The van der Waals surface area contributed by atoms with Crippen molar-refractivity contribution >= 4 is 11.6 Å². The quantitative estimate of drug-likeness (QED) is 0.888. The number of rotatable bonds is 6. The van der Waals surface area contributed by atoms with Gasteiger partial charge in [0.2, 0.25) is 0 Å². The van der Waals surface area contributed by atoms with Crippen LogP contribution in [0.4, 0.5) is 0 Å². The van der Waals surface area contributed by atoms with Crippen LogP contribution in [0.1, 0.15) is 17.2 Å². The molecule has 1 aromatic heterocycles. The number of likely N-dealkylation sites (N-methyl/N-ethyl adjacent to an activating group) is 1. The molecule has 0 aliphatic carbocycles. The second kappa shape index (κ2) is 6.88. The molecule has 20 heavy (non-hydrogen) atoms. The highest BCUT2D eigenvalue weighted by molar-refractivity contribution is 6.30. The summed E-state index contributed by atoms with van der Waals surface area (Å²) in [5.41, 5.74) is 2.46. The summed E-state index contributed by atoms with van der Waals surface area (Å²) >= 11 is 5.94. The minimum absolute atomic E-state index is 0.323. The van der Waals surface area contributed by atoms with Crippen LogP contribution in [0.15, 0.2) is 36.7 Å². The normalized spacial score (nSPS) is 12.8. The van der Waals surface area contributed by atoms with Gasteiger partial charge >= 0.3 is 0 Å². The second-order valence-electron chi connectivity index (χ2n) is 5.18. The van der Waals surface area contributed by atoms with E-state index in [1.54, 1.807) is 0 Å². The molecule has 0 bridgehead atoms. The number of nitrogens with one attached hydrogen (secondary N) is 1. The first kappa shape index (κ1) is 15.0. The Balaban J connectivity index is 1.94. The van der Waals surface area contributed by atoms with Gasteiger partial charge in [-0.1, -0.05) is 23.7 Å². The first-order valence-corrected chi connectivity index (χ1v) is 7.04. The van der Waals surface area contributed by atoms with Gasteiger partial charge in [-0.2, -0.15) is 5.10 Å². The van der Waals surface area contributed by atoms with E-state index in [-0.39, 0.29) is 0 Å². The molecular weight excluding hydrogens is 272 g/mol. The third-order valence-corrected chi connectivity index (χ3v) is 3.56. The number of aryl methyl sites for hydroxylation is 1. The molecule has 5 heteroatoms. The van der Waals surface area contributed by atoms with Crippen molar-refractivity contribution < 1.29 is 0 Å². The fourth-order valence-electron chi connectivity index (χ4n) is 2.20. The van der Waals surface area contributed by atoms with Crippen LogP contribution in [0.5, 0.6) is 0 Å². The maximum atomic E-state index is 5.94. The summed E-state index contributed by atoms with van der Waals surface area (Å²) in [6.45, 7) is 1.70. The Bertz CT molecular complexity index is 533. The fraction of sp³-hybridized carbons (Fsp3) is 0.400. The largest absolute Gasteiger partial charge is 0.311 e. The summed E-state index contributed by atoms with van der Waals surface area (Å²) in [4.78, 5) is 2.21. The van der Waals surface area contributed by atoms with Crippen molar-refractivity contribution in [1.82, 2.24) is 20.0 Å². The van der Waals surface area contributed by atoms with E-state index in [2.05, 4.69) is 41.5 Å². The molecule has 1 N–H and O–H groups in total. The number of benzene rings is 1. The molecule has 0 spiro atoms. The number of hydrogen-bond donors (Lipinski definition) is 1. The maximum Gasteiger partial charge on any atom is 0.0534 e. The Morgan fingerprint density at radius 3 is 2.55 bits per heavy atom. The molecule has 0 saturated heterocycles. The Hall–Kier alpha value is -1.36. The van der Waals surface area contributed by atoms with Crippen molar-refractivity contribution in [2.45, 2.75) is 12.6 Å². The molecule has 2 aromatic rings. The molecule has 1 atom stereocenters. The number of nitrogens with zero attached hydrogens (tertiary/aromatic N) is 3. The van der Waals surface area contributed by atoms with E-state index in [9.17, 15) is 0 Å². The lowest BCUT2D eigenvalue weighted by Crippen LogP contribution is -2.30. The van der Waals surface area contributed by atoms with Crippen LogP contribution < -0.4 is 5.32 Å². The van der Waals surface area contributed by atoms with Gasteiger partial charge in [-0.15, -0.1) is 0 Å². The number of aromatic nitrogens is 2. The zero-order chi connectivity index (χ0) is 14.5. The Morgan fingerprint density at radius 1 is 1.30 bits per heavy atom. The van der Waals surface area contributed by atoms with E-state index in [0.29, 0.717) is 6.04 Å². The van der Waals surface area contributed by atoms with Gasteiger partial charge in [0, 0.05) is 43.0 Å². The Kier molecular flexibility index (Phi) is 5.17. The Labute approximate surface area is 125 Å². The van der Waals surface area contributed by atoms with Crippen molar-refractivity contribution in [3.63, 3.8) is 0 Å². The molecule has 0 saturated carbocycles. The van der Waals surface area contributed by atoms with Gasteiger partial charge in [0.25, 0.3) is 0 Å². The summed E-state index contributed by atoms with van der Waals surface area (Å²) in [6.07, 6.45) is 3.92. The van der Waals surface area contributed by atoms with Crippen LogP contribution in [0, 0.1) is 0 Å². The molecule has 1 aromatic carbocycles. The van der Waals surface area contributed by atoms with Crippen molar-refractivity contribution in [3.05, 3.63) is 52.8 Å². The van der Waals surface area contributed by atoms with E-state index >= 15 is 0 Å². The lowest BCUT2D eigenvalue weighted by atomic mass is 10.1. The van der Waals surface area contributed by atoms with E-state index in [0.717, 1.165) is 18.1 Å². The molecule has 1 heterocycles. The lowest BCUT2D eigenvalue weighted by Gasteiger charge is -2.25. The van der Waals surface area contributed by atoms with Crippen LogP contribution in [0.25, 0.3) is 0 Å². The zero-order valence-electron chi connectivity index (χ0n) is 12.2. The first-order chi connectivity index (χ1) is 9.56. The summed E-state index contributed by atoms with van der Waals surface area (Å²) in [5.74, 6) is 0. The third kappa shape index (κ3) is 4.07. The smallest absolute Gasteiger partial charge is 0.0534 e.